The minimum atomic E-state index is -3.73. The lowest BCUT2D eigenvalue weighted by molar-refractivity contribution is 0.602. The third kappa shape index (κ3) is 2.82. The Morgan fingerprint density at radius 3 is 2.95 bits per heavy atom. The summed E-state index contributed by atoms with van der Waals surface area (Å²) in [5.74, 6) is 0.746. The Hall–Kier alpha value is -2.35. The van der Waals surface area contributed by atoms with Crippen molar-refractivity contribution >= 4 is 21.4 Å². The van der Waals surface area contributed by atoms with Crippen LogP contribution in [0.5, 0.6) is 0 Å². The summed E-state index contributed by atoms with van der Waals surface area (Å²) in [7, 11) is -3.73. The molecule has 3 aromatic rings. The molecule has 0 aromatic carbocycles. The molecule has 0 radical (unpaired) electrons. The fraction of sp³-hybridized carbons (Fsp3) is 0.286. The molecule has 0 aliphatic heterocycles. The zero-order chi connectivity index (χ0) is 15.7. The van der Waals surface area contributed by atoms with E-state index in [1.807, 2.05) is 0 Å². The molecule has 7 nitrogen and oxygen atoms in total. The Bertz CT molecular complexity index is 895. The second-order valence-corrected chi connectivity index (χ2v) is 7.17. The number of anilines is 1. The molecule has 8 heteroatoms. The predicted octanol–water partition coefficient (Wildman–Crippen LogP) is 2.06. The summed E-state index contributed by atoms with van der Waals surface area (Å²) in [4.78, 5) is 0.126. The van der Waals surface area contributed by atoms with E-state index in [1.54, 1.807) is 30.5 Å². The second kappa shape index (κ2) is 5.45. The maximum Gasteiger partial charge on any atom is 0.266 e. The quantitative estimate of drug-likeness (QED) is 0.753. The minimum Gasteiger partial charge on any atom is -0.280 e. The zero-order valence-corrected chi connectivity index (χ0v) is 13.1. The van der Waals surface area contributed by atoms with Crippen LogP contribution in [-0.2, 0) is 16.4 Å². The fourth-order valence-electron chi connectivity index (χ4n) is 2.27. The maximum atomic E-state index is 12.5. The first-order chi connectivity index (χ1) is 10.5. The molecule has 0 atom stereocenters. The molecule has 0 fully saturated rings. The number of hydrogen-bond acceptors (Lipinski definition) is 4. The molecule has 116 valence electrons. The molecule has 0 saturated carbocycles. The highest BCUT2D eigenvalue weighted by molar-refractivity contribution is 7.93. The Labute approximate surface area is 128 Å². The lowest BCUT2D eigenvalue weighted by Gasteiger charge is -2.03. The molecule has 3 heterocycles. The first kappa shape index (κ1) is 14.6. The molecule has 2 N–H and O–H groups in total. The lowest BCUT2D eigenvalue weighted by Crippen LogP contribution is -2.13. The molecule has 0 unspecified atom stereocenters. The molecule has 0 saturated heterocycles. The number of fused-ring (bicyclic) bond motifs is 1. The third-order valence-electron chi connectivity index (χ3n) is 3.18. The van der Waals surface area contributed by atoms with E-state index in [2.05, 4.69) is 33.9 Å². The topological polar surface area (TPSA) is 92.2 Å². The average Bonchev–Trinajstić information content (AvgIpc) is 3.04. The Kier molecular flexibility index (Phi) is 3.61. The number of nitrogens with one attached hydrogen (secondary N) is 2. The van der Waals surface area contributed by atoms with Gasteiger partial charge in [-0.25, -0.2) is 12.9 Å². The van der Waals surface area contributed by atoms with E-state index in [1.165, 1.54) is 10.7 Å². The first-order valence-electron chi connectivity index (χ1n) is 6.95. The standard InChI is InChI=1S/C14H17N5O2S/c1-10(2)7-11-8-14(17-16-11)18-22(20,21)13-9-15-19-6-4-3-5-12(13)19/h3-6,8-10H,7H2,1-2H3,(H2,16,17,18). The third-order valence-corrected chi connectivity index (χ3v) is 4.55. The van der Waals surface area contributed by atoms with Gasteiger partial charge in [0.25, 0.3) is 10.0 Å². The number of nitrogens with zero attached hydrogens (tertiary/aromatic N) is 3. The highest BCUT2D eigenvalue weighted by atomic mass is 32.2. The van der Waals surface area contributed by atoms with E-state index in [9.17, 15) is 8.42 Å². The van der Waals surface area contributed by atoms with Crippen molar-refractivity contribution in [2.75, 3.05) is 4.72 Å². The van der Waals surface area contributed by atoms with Crippen LogP contribution in [0.25, 0.3) is 5.52 Å². The molecule has 3 aromatic heterocycles. The van der Waals surface area contributed by atoms with Crippen molar-refractivity contribution in [2.45, 2.75) is 25.2 Å². The Morgan fingerprint density at radius 1 is 1.36 bits per heavy atom. The van der Waals surface area contributed by atoms with Crippen LogP contribution >= 0.6 is 0 Å². The molecule has 0 aliphatic rings. The van der Waals surface area contributed by atoms with Crippen molar-refractivity contribution in [3.05, 3.63) is 42.4 Å². The van der Waals surface area contributed by atoms with Crippen LogP contribution < -0.4 is 4.72 Å². The number of aromatic amines is 1. The summed E-state index contributed by atoms with van der Waals surface area (Å²) < 4.78 is 29.0. The predicted molar refractivity (Wildman–Crippen MR) is 83.1 cm³/mol. The Morgan fingerprint density at radius 2 is 2.18 bits per heavy atom. The van der Waals surface area contributed by atoms with Gasteiger partial charge in [0, 0.05) is 18.0 Å². The van der Waals surface area contributed by atoms with Gasteiger partial charge in [0.2, 0.25) is 0 Å². The van der Waals surface area contributed by atoms with Crippen LogP contribution in [0.15, 0.2) is 41.6 Å². The van der Waals surface area contributed by atoms with Gasteiger partial charge >= 0.3 is 0 Å². The highest BCUT2D eigenvalue weighted by Gasteiger charge is 2.20. The lowest BCUT2D eigenvalue weighted by atomic mass is 10.1. The van der Waals surface area contributed by atoms with Crippen molar-refractivity contribution in [3.8, 4) is 0 Å². The molecule has 0 spiro atoms. The van der Waals surface area contributed by atoms with Gasteiger partial charge in [0.15, 0.2) is 5.82 Å². The van der Waals surface area contributed by atoms with E-state index >= 15 is 0 Å². The minimum absolute atomic E-state index is 0.126. The summed E-state index contributed by atoms with van der Waals surface area (Å²) in [5.41, 5.74) is 1.42. The fourth-order valence-corrected chi connectivity index (χ4v) is 3.38. The van der Waals surface area contributed by atoms with Crippen molar-refractivity contribution < 1.29 is 8.42 Å². The van der Waals surface area contributed by atoms with E-state index in [0.717, 1.165) is 12.1 Å². The van der Waals surface area contributed by atoms with Gasteiger partial charge in [0.1, 0.15) is 4.90 Å². The second-order valence-electron chi connectivity index (χ2n) is 5.52. The summed E-state index contributed by atoms with van der Waals surface area (Å²) in [6.07, 6.45) is 3.84. The van der Waals surface area contributed by atoms with Gasteiger partial charge in [-0.1, -0.05) is 19.9 Å². The van der Waals surface area contributed by atoms with Gasteiger partial charge in [-0.15, -0.1) is 0 Å². The maximum absolute atomic E-state index is 12.5. The van der Waals surface area contributed by atoms with Crippen LogP contribution in [0.3, 0.4) is 0 Å². The van der Waals surface area contributed by atoms with E-state index in [4.69, 9.17) is 0 Å². The van der Waals surface area contributed by atoms with Crippen molar-refractivity contribution in [1.82, 2.24) is 19.8 Å². The van der Waals surface area contributed by atoms with Gasteiger partial charge in [0.05, 0.1) is 11.7 Å². The van der Waals surface area contributed by atoms with Crippen molar-refractivity contribution in [1.29, 1.82) is 0 Å². The van der Waals surface area contributed by atoms with Crippen LogP contribution in [-0.4, -0.2) is 28.2 Å². The molecule has 0 amide bonds. The van der Waals surface area contributed by atoms with Crippen LogP contribution in [0.2, 0.25) is 0 Å². The van der Waals surface area contributed by atoms with Gasteiger partial charge in [-0.05, 0) is 24.5 Å². The number of pyridine rings is 1. The van der Waals surface area contributed by atoms with E-state index in [-0.39, 0.29) is 10.7 Å². The highest BCUT2D eigenvalue weighted by Crippen LogP contribution is 2.20. The van der Waals surface area contributed by atoms with Crippen LogP contribution in [0, 0.1) is 5.92 Å². The van der Waals surface area contributed by atoms with E-state index in [0.29, 0.717) is 11.4 Å². The monoisotopic (exact) mass is 319 g/mol. The first-order valence-corrected chi connectivity index (χ1v) is 8.43. The molecular formula is C14H17N5O2S. The molecule has 0 bridgehead atoms. The normalized spacial score (nSPS) is 12.1. The van der Waals surface area contributed by atoms with E-state index < -0.39 is 10.0 Å². The SMILES string of the molecule is CC(C)Cc1cc(NS(=O)(=O)c2cnn3ccccc23)n[nH]1. The number of sulfonamides is 1. The van der Waals surface area contributed by atoms with Gasteiger partial charge in [-0.3, -0.25) is 9.82 Å². The molecule has 22 heavy (non-hydrogen) atoms. The summed E-state index contributed by atoms with van der Waals surface area (Å²) in [6.45, 7) is 4.17. The van der Waals surface area contributed by atoms with Crippen LogP contribution in [0.1, 0.15) is 19.5 Å². The smallest absolute Gasteiger partial charge is 0.266 e. The summed E-state index contributed by atoms with van der Waals surface area (Å²) in [5, 5.41) is 10.9. The Balaban J connectivity index is 1.89. The number of aromatic nitrogens is 4. The number of rotatable bonds is 5. The largest absolute Gasteiger partial charge is 0.280 e. The molecular weight excluding hydrogens is 302 g/mol. The molecule has 0 aliphatic carbocycles. The number of H-pyrrole nitrogens is 1. The van der Waals surface area contributed by atoms with Gasteiger partial charge in [-0.2, -0.15) is 10.2 Å². The van der Waals surface area contributed by atoms with Crippen molar-refractivity contribution in [2.24, 2.45) is 5.92 Å². The van der Waals surface area contributed by atoms with Crippen LogP contribution in [0.4, 0.5) is 5.82 Å². The van der Waals surface area contributed by atoms with Crippen molar-refractivity contribution in [3.63, 3.8) is 0 Å². The number of hydrogen-bond donors (Lipinski definition) is 2. The summed E-state index contributed by atoms with van der Waals surface area (Å²) >= 11 is 0. The van der Waals surface area contributed by atoms with Gasteiger partial charge < -0.3 is 0 Å². The zero-order valence-electron chi connectivity index (χ0n) is 12.3. The molecule has 3 rings (SSSR count). The average molecular weight is 319 g/mol. The summed E-state index contributed by atoms with van der Waals surface area (Å²) in [6, 6.07) is 6.97.